The molecule has 0 aliphatic heterocycles. The van der Waals surface area contributed by atoms with E-state index in [0.29, 0.717) is 35.9 Å². The number of carbonyl (C=O) groups is 1. The van der Waals surface area contributed by atoms with Crippen LogP contribution in [-0.4, -0.2) is 23.7 Å². The lowest BCUT2D eigenvalue weighted by atomic mass is 10.2. The Morgan fingerprint density at radius 1 is 1.03 bits per heavy atom. The van der Waals surface area contributed by atoms with Crippen LogP contribution >= 0.6 is 27.3 Å². The first-order valence-corrected chi connectivity index (χ1v) is 11.5. The van der Waals surface area contributed by atoms with Crippen LogP contribution in [0.4, 0.5) is 0 Å². The number of carbonyl (C=O) groups excluding carboxylic acids is 1. The van der Waals surface area contributed by atoms with Crippen molar-refractivity contribution in [2.24, 2.45) is 4.99 Å². The Hall–Kier alpha value is -2.74. The molecule has 0 aliphatic carbocycles. The number of thiazole rings is 1. The fraction of sp³-hybridized carbons (Fsp3) is 0.167. The Kier molecular flexibility index (Phi) is 6.96. The van der Waals surface area contributed by atoms with Gasteiger partial charge >= 0.3 is 0 Å². The standard InChI is InChI=1S/C24H21BrN2O3S/c1-2-29-15-14-27-21-13-10-18(25)16-22(21)31-24(27)26-23(28)17-8-11-20(12-9-17)30-19-6-4-3-5-7-19/h3-13,16H,2,14-15H2,1H3. The van der Waals surface area contributed by atoms with Crippen LogP contribution in [0.5, 0.6) is 11.5 Å². The van der Waals surface area contributed by atoms with Crippen molar-refractivity contribution in [3.05, 3.63) is 87.6 Å². The lowest BCUT2D eigenvalue weighted by molar-refractivity contribution is 0.0996. The molecule has 31 heavy (non-hydrogen) atoms. The summed E-state index contributed by atoms with van der Waals surface area (Å²) in [5, 5.41) is 0. The normalized spacial score (nSPS) is 11.7. The molecule has 0 unspecified atom stereocenters. The van der Waals surface area contributed by atoms with Crippen molar-refractivity contribution in [2.45, 2.75) is 13.5 Å². The molecule has 3 aromatic carbocycles. The quantitative estimate of drug-likeness (QED) is 0.293. The Balaban J connectivity index is 1.61. The van der Waals surface area contributed by atoms with Gasteiger partial charge in [-0.25, -0.2) is 0 Å². The highest BCUT2D eigenvalue weighted by Gasteiger charge is 2.10. The number of fused-ring (bicyclic) bond motifs is 1. The van der Waals surface area contributed by atoms with Gasteiger partial charge in [-0.2, -0.15) is 4.99 Å². The molecule has 0 bridgehead atoms. The third kappa shape index (κ3) is 5.31. The Labute approximate surface area is 192 Å². The third-order valence-electron chi connectivity index (χ3n) is 4.59. The van der Waals surface area contributed by atoms with Crippen LogP contribution in [0.3, 0.4) is 0 Å². The first-order chi connectivity index (χ1) is 15.1. The first-order valence-electron chi connectivity index (χ1n) is 9.92. The summed E-state index contributed by atoms with van der Waals surface area (Å²) in [5.41, 5.74) is 1.54. The maximum atomic E-state index is 12.9. The highest BCUT2D eigenvalue weighted by Crippen LogP contribution is 2.23. The van der Waals surface area contributed by atoms with Crippen LogP contribution in [0.25, 0.3) is 10.2 Å². The summed E-state index contributed by atoms with van der Waals surface area (Å²) in [6, 6.07) is 22.6. The number of aromatic nitrogens is 1. The molecule has 0 fully saturated rings. The van der Waals surface area contributed by atoms with Crippen LogP contribution in [0.15, 0.2) is 82.3 Å². The van der Waals surface area contributed by atoms with E-state index >= 15 is 0 Å². The van der Waals surface area contributed by atoms with Crippen LogP contribution in [0, 0.1) is 0 Å². The molecule has 0 N–H and O–H groups in total. The number of halogens is 1. The van der Waals surface area contributed by atoms with Gasteiger partial charge in [-0.05, 0) is 61.5 Å². The van der Waals surface area contributed by atoms with Crippen molar-refractivity contribution in [3.8, 4) is 11.5 Å². The molecule has 1 heterocycles. The van der Waals surface area contributed by atoms with E-state index < -0.39 is 0 Å². The number of nitrogens with zero attached hydrogens (tertiary/aromatic N) is 2. The van der Waals surface area contributed by atoms with E-state index in [-0.39, 0.29) is 5.91 Å². The van der Waals surface area contributed by atoms with Crippen molar-refractivity contribution < 1.29 is 14.3 Å². The van der Waals surface area contributed by atoms with E-state index in [1.807, 2.05) is 60.0 Å². The van der Waals surface area contributed by atoms with Crippen molar-refractivity contribution >= 4 is 43.4 Å². The average Bonchev–Trinajstić information content (AvgIpc) is 3.11. The molecule has 0 spiro atoms. The van der Waals surface area contributed by atoms with Crippen molar-refractivity contribution in [3.63, 3.8) is 0 Å². The molecule has 5 nitrogen and oxygen atoms in total. The maximum absolute atomic E-state index is 12.9. The highest BCUT2D eigenvalue weighted by atomic mass is 79.9. The van der Waals surface area contributed by atoms with Gasteiger partial charge in [-0.3, -0.25) is 4.79 Å². The van der Waals surface area contributed by atoms with E-state index in [4.69, 9.17) is 9.47 Å². The number of para-hydroxylation sites is 1. The molecule has 158 valence electrons. The molecule has 7 heteroatoms. The zero-order valence-electron chi connectivity index (χ0n) is 17.0. The zero-order valence-corrected chi connectivity index (χ0v) is 19.4. The summed E-state index contributed by atoms with van der Waals surface area (Å²) in [4.78, 5) is 17.9. The fourth-order valence-electron chi connectivity index (χ4n) is 3.09. The first kappa shape index (κ1) is 21.5. The predicted octanol–water partition coefficient (Wildman–Crippen LogP) is 6.04. The lowest BCUT2D eigenvalue weighted by Crippen LogP contribution is -2.19. The number of benzene rings is 3. The van der Waals surface area contributed by atoms with E-state index in [0.717, 1.165) is 20.4 Å². The summed E-state index contributed by atoms with van der Waals surface area (Å²) in [6.07, 6.45) is 0. The van der Waals surface area contributed by atoms with E-state index in [9.17, 15) is 4.79 Å². The van der Waals surface area contributed by atoms with E-state index in [1.165, 1.54) is 11.3 Å². The second-order valence-electron chi connectivity index (χ2n) is 6.70. The van der Waals surface area contributed by atoms with Crippen molar-refractivity contribution in [1.29, 1.82) is 0 Å². The molecule has 1 amide bonds. The van der Waals surface area contributed by atoms with Gasteiger partial charge in [-0.15, -0.1) is 0 Å². The molecular weight excluding hydrogens is 476 g/mol. The summed E-state index contributed by atoms with van der Waals surface area (Å²) < 4.78 is 15.4. The largest absolute Gasteiger partial charge is 0.457 e. The average molecular weight is 497 g/mol. The lowest BCUT2D eigenvalue weighted by Gasteiger charge is -2.06. The molecule has 1 aromatic heterocycles. The second kappa shape index (κ2) is 10.0. The van der Waals surface area contributed by atoms with Crippen molar-refractivity contribution in [2.75, 3.05) is 13.2 Å². The summed E-state index contributed by atoms with van der Waals surface area (Å²) in [6.45, 7) is 3.81. The molecular formula is C24H21BrN2O3S. The minimum absolute atomic E-state index is 0.290. The van der Waals surface area contributed by atoms with Gasteiger partial charge in [0.25, 0.3) is 5.91 Å². The molecule has 0 aliphatic rings. The third-order valence-corrected chi connectivity index (χ3v) is 6.12. The zero-order chi connectivity index (χ0) is 21.6. The van der Waals surface area contributed by atoms with E-state index in [1.54, 1.807) is 24.3 Å². The Bertz CT molecular complexity index is 1250. The number of hydrogen-bond donors (Lipinski definition) is 0. The van der Waals surface area contributed by atoms with Gasteiger partial charge in [0.15, 0.2) is 4.80 Å². The minimum Gasteiger partial charge on any atom is -0.457 e. The highest BCUT2D eigenvalue weighted by molar-refractivity contribution is 9.10. The van der Waals surface area contributed by atoms with Crippen LogP contribution in [0.2, 0.25) is 0 Å². The Morgan fingerprint density at radius 2 is 1.77 bits per heavy atom. The van der Waals surface area contributed by atoms with Crippen LogP contribution < -0.4 is 9.54 Å². The van der Waals surface area contributed by atoms with Gasteiger partial charge in [-0.1, -0.05) is 45.5 Å². The number of rotatable bonds is 7. The monoisotopic (exact) mass is 496 g/mol. The van der Waals surface area contributed by atoms with Gasteiger partial charge in [0.05, 0.1) is 16.8 Å². The predicted molar refractivity (Wildman–Crippen MR) is 127 cm³/mol. The SMILES string of the molecule is CCOCCn1c(=NC(=O)c2ccc(Oc3ccccc3)cc2)sc2cc(Br)ccc21. The van der Waals surface area contributed by atoms with Gasteiger partial charge in [0.1, 0.15) is 11.5 Å². The second-order valence-corrected chi connectivity index (χ2v) is 8.63. The number of ether oxygens (including phenoxy) is 2. The molecule has 0 saturated carbocycles. The van der Waals surface area contributed by atoms with Gasteiger partial charge < -0.3 is 14.0 Å². The molecule has 0 saturated heterocycles. The number of hydrogen-bond acceptors (Lipinski definition) is 4. The number of amides is 1. The topological polar surface area (TPSA) is 52.8 Å². The molecule has 4 aromatic rings. The summed E-state index contributed by atoms with van der Waals surface area (Å²) in [7, 11) is 0. The van der Waals surface area contributed by atoms with Crippen LogP contribution in [-0.2, 0) is 11.3 Å². The van der Waals surface area contributed by atoms with Crippen molar-refractivity contribution in [1.82, 2.24) is 4.57 Å². The minimum atomic E-state index is -0.290. The molecule has 4 rings (SSSR count). The van der Waals surface area contributed by atoms with E-state index in [2.05, 4.69) is 20.9 Å². The van der Waals surface area contributed by atoms with Gasteiger partial charge in [0.2, 0.25) is 0 Å². The maximum Gasteiger partial charge on any atom is 0.279 e. The smallest absolute Gasteiger partial charge is 0.279 e. The molecule has 0 radical (unpaired) electrons. The summed E-state index contributed by atoms with van der Waals surface area (Å²) in [5.74, 6) is 1.13. The van der Waals surface area contributed by atoms with Gasteiger partial charge in [0, 0.05) is 23.2 Å². The molecule has 0 atom stereocenters. The van der Waals surface area contributed by atoms with Crippen LogP contribution in [0.1, 0.15) is 17.3 Å². The Morgan fingerprint density at radius 3 is 2.52 bits per heavy atom. The summed E-state index contributed by atoms with van der Waals surface area (Å²) >= 11 is 5.00. The fourth-order valence-corrected chi connectivity index (χ4v) is 4.70.